The minimum atomic E-state index is -0.823. The molecule has 5 nitrogen and oxygen atoms in total. The van der Waals surface area contributed by atoms with Gasteiger partial charge in [-0.1, -0.05) is 0 Å². The number of carbonyl (C=O) groups is 1. The van der Waals surface area contributed by atoms with Crippen LogP contribution in [-0.4, -0.2) is 33.9 Å². The largest absolute Gasteiger partial charge is 0.480 e. The van der Waals surface area contributed by atoms with E-state index in [2.05, 4.69) is 10.4 Å². The van der Waals surface area contributed by atoms with E-state index in [0.29, 0.717) is 13.0 Å². The van der Waals surface area contributed by atoms with Crippen molar-refractivity contribution in [2.75, 3.05) is 7.05 Å². The second-order valence-corrected chi connectivity index (χ2v) is 3.19. The lowest BCUT2D eigenvalue weighted by atomic mass is 10.2. The molecule has 0 fully saturated rings. The van der Waals surface area contributed by atoms with Crippen molar-refractivity contribution < 1.29 is 9.90 Å². The fraction of sp³-hybridized carbons (Fsp3) is 0.556. The molecule has 2 N–H and O–H groups in total. The van der Waals surface area contributed by atoms with Gasteiger partial charge in [0.2, 0.25) is 0 Å². The normalized spacial score (nSPS) is 12.7. The van der Waals surface area contributed by atoms with E-state index in [4.69, 9.17) is 5.11 Å². The zero-order chi connectivity index (χ0) is 10.6. The van der Waals surface area contributed by atoms with Gasteiger partial charge in [0.1, 0.15) is 6.04 Å². The highest BCUT2D eigenvalue weighted by atomic mass is 16.4. The predicted molar refractivity (Wildman–Crippen MR) is 52.1 cm³/mol. The fourth-order valence-electron chi connectivity index (χ4n) is 1.24. The first-order valence-electron chi connectivity index (χ1n) is 4.53. The van der Waals surface area contributed by atoms with E-state index in [1.807, 2.05) is 19.2 Å². The molecule has 0 aromatic carbocycles. The number of nitrogens with one attached hydrogen (secondary N) is 1. The monoisotopic (exact) mass is 197 g/mol. The number of hydrogen-bond acceptors (Lipinski definition) is 3. The van der Waals surface area contributed by atoms with Gasteiger partial charge in [-0.15, -0.1) is 0 Å². The molecule has 0 radical (unpaired) electrons. The van der Waals surface area contributed by atoms with Crippen molar-refractivity contribution in [3.05, 3.63) is 18.0 Å². The highest BCUT2D eigenvalue weighted by molar-refractivity contribution is 5.73. The molecule has 1 unspecified atom stereocenters. The summed E-state index contributed by atoms with van der Waals surface area (Å²) in [5.74, 6) is -0.823. The number of nitrogens with zero attached hydrogens (tertiary/aromatic N) is 2. The Kier molecular flexibility index (Phi) is 3.64. The van der Waals surface area contributed by atoms with Crippen LogP contribution in [0, 0.1) is 6.92 Å². The number of carboxylic acids is 1. The van der Waals surface area contributed by atoms with E-state index in [9.17, 15) is 4.79 Å². The Morgan fingerprint density at radius 1 is 1.79 bits per heavy atom. The topological polar surface area (TPSA) is 67.2 Å². The maximum atomic E-state index is 10.7. The van der Waals surface area contributed by atoms with Crippen LogP contribution in [0.25, 0.3) is 0 Å². The Morgan fingerprint density at radius 2 is 2.50 bits per heavy atom. The van der Waals surface area contributed by atoms with Crippen molar-refractivity contribution in [3.63, 3.8) is 0 Å². The highest BCUT2D eigenvalue weighted by Crippen LogP contribution is 1.98. The SMILES string of the molecule is CNC(CCn1ccc(C)n1)C(=O)O. The van der Waals surface area contributed by atoms with Crippen molar-refractivity contribution in [3.8, 4) is 0 Å². The number of carboxylic acid groups (broad SMARTS) is 1. The molecule has 1 aromatic heterocycles. The van der Waals surface area contributed by atoms with Gasteiger partial charge in [-0.25, -0.2) is 0 Å². The molecule has 0 aliphatic rings. The fourth-order valence-corrected chi connectivity index (χ4v) is 1.24. The average Bonchev–Trinajstić information content (AvgIpc) is 2.52. The third-order valence-electron chi connectivity index (χ3n) is 2.07. The van der Waals surface area contributed by atoms with Gasteiger partial charge in [0.25, 0.3) is 0 Å². The number of likely N-dealkylation sites (N-methyl/N-ethyl adjacent to an activating group) is 1. The summed E-state index contributed by atoms with van der Waals surface area (Å²) >= 11 is 0. The van der Waals surface area contributed by atoms with Crippen molar-refractivity contribution in [2.45, 2.75) is 25.9 Å². The Labute approximate surface area is 82.7 Å². The number of hydrogen-bond donors (Lipinski definition) is 2. The van der Waals surface area contributed by atoms with Gasteiger partial charge in [0, 0.05) is 12.7 Å². The molecule has 0 spiro atoms. The van der Waals surface area contributed by atoms with Crippen LogP contribution in [0.1, 0.15) is 12.1 Å². The summed E-state index contributed by atoms with van der Waals surface area (Å²) in [6.07, 6.45) is 2.39. The molecule has 0 amide bonds. The molecule has 1 atom stereocenters. The van der Waals surface area contributed by atoms with Gasteiger partial charge in [-0.05, 0) is 26.5 Å². The first-order chi connectivity index (χ1) is 6.63. The highest BCUT2D eigenvalue weighted by Gasteiger charge is 2.14. The summed E-state index contributed by atoms with van der Waals surface area (Å²) < 4.78 is 1.75. The van der Waals surface area contributed by atoms with Crippen LogP contribution in [0.4, 0.5) is 0 Å². The van der Waals surface area contributed by atoms with Crippen LogP contribution in [0.15, 0.2) is 12.3 Å². The van der Waals surface area contributed by atoms with Gasteiger partial charge in [0.05, 0.1) is 5.69 Å². The standard InChI is InChI=1S/C9H15N3O2/c1-7-3-5-12(11-7)6-4-8(10-2)9(13)14/h3,5,8,10H,4,6H2,1-2H3,(H,13,14). The number of aryl methyl sites for hydroxylation is 2. The van der Waals surface area contributed by atoms with E-state index in [1.165, 1.54) is 0 Å². The van der Waals surface area contributed by atoms with E-state index >= 15 is 0 Å². The van der Waals surface area contributed by atoms with Gasteiger partial charge in [-0.2, -0.15) is 5.10 Å². The van der Waals surface area contributed by atoms with E-state index < -0.39 is 12.0 Å². The van der Waals surface area contributed by atoms with Crippen LogP contribution >= 0.6 is 0 Å². The number of aliphatic carboxylic acids is 1. The van der Waals surface area contributed by atoms with Crippen molar-refractivity contribution in [1.82, 2.24) is 15.1 Å². The lowest BCUT2D eigenvalue weighted by Crippen LogP contribution is -2.34. The van der Waals surface area contributed by atoms with E-state index in [0.717, 1.165) is 5.69 Å². The molecule has 0 saturated carbocycles. The van der Waals surface area contributed by atoms with Crippen LogP contribution in [-0.2, 0) is 11.3 Å². The third-order valence-corrected chi connectivity index (χ3v) is 2.07. The van der Waals surface area contributed by atoms with Crippen molar-refractivity contribution in [2.24, 2.45) is 0 Å². The van der Waals surface area contributed by atoms with Crippen molar-refractivity contribution >= 4 is 5.97 Å². The molecular weight excluding hydrogens is 182 g/mol. The van der Waals surface area contributed by atoms with Crippen LogP contribution in [0.3, 0.4) is 0 Å². The number of rotatable bonds is 5. The Bertz CT molecular complexity index is 309. The summed E-state index contributed by atoms with van der Waals surface area (Å²) in [7, 11) is 1.65. The second kappa shape index (κ2) is 4.76. The molecule has 0 bridgehead atoms. The Balaban J connectivity index is 2.43. The average molecular weight is 197 g/mol. The Hall–Kier alpha value is -1.36. The zero-order valence-electron chi connectivity index (χ0n) is 8.40. The molecule has 14 heavy (non-hydrogen) atoms. The van der Waals surface area contributed by atoms with Crippen LogP contribution in [0.5, 0.6) is 0 Å². The first kappa shape index (κ1) is 10.7. The van der Waals surface area contributed by atoms with Crippen molar-refractivity contribution in [1.29, 1.82) is 0 Å². The minimum Gasteiger partial charge on any atom is -0.480 e. The summed E-state index contributed by atoms with van der Waals surface area (Å²) in [4.78, 5) is 10.7. The summed E-state index contributed by atoms with van der Waals surface area (Å²) in [6, 6.07) is 1.40. The summed E-state index contributed by atoms with van der Waals surface area (Å²) in [6.45, 7) is 2.52. The van der Waals surface area contributed by atoms with Crippen LogP contribution in [0.2, 0.25) is 0 Å². The quantitative estimate of drug-likeness (QED) is 0.710. The van der Waals surface area contributed by atoms with Gasteiger partial charge in [0.15, 0.2) is 0 Å². The predicted octanol–water partition coefficient (Wildman–Crippen LogP) is 0.254. The first-order valence-corrected chi connectivity index (χ1v) is 4.53. The third kappa shape index (κ3) is 2.85. The lowest BCUT2D eigenvalue weighted by molar-refractivity contribution is -0.139. The van der Waals surface area contributed by atoms with Crippen LogP contribution < -0.4 is 5.32 Å². The van der Waals surface area contributed by atoms with Gasteiger partial charge in [-0.3, -0.25) is 9.48 Å². The molecular formula is C9H15N3O2. The maximum absolute atomic E-state index is 10.7. The maximum Gasteiger partial charge on any atom is 0.320 e. The molecule has 1 aromatic rings. The molecule has 0 aliphatic carbocycles. The second-order valence-electron chi connectivity index (χ2n) is 3.19. The van der Waals surface area contributed by atoms with E-state index in [1.54, 1.807) is 11.7 Å². The smallest absolute Gasteiger partial charge is 0.320 e. The van der Waals surface area contributed by atoms with E-state index in [-0.39, 0.29) is 0 Å². The molecule has 5 heteroatoms. The van der Waals surface area contributed by atoms with Gasteiger partial charge < -0.3 is 10.4 Å². The van der Waals surface area contributed by atoms with Gasteiger partial charge >= 0.3 is 5.97 Å². The summed E-state index contributed by atoms with van der Waals surface area (Å²) in [5.41, 5.74) is 0.946. The minimum absolute atomic E-state index is 0.500. The molecule has 78 valence electrons. The molecule has 0 aliphatic heterocycles. The zero-order valence-corrected chi connectivity index (χ0v) is 8.40. The molecule has 0 saturated heterocycles. The molecule has 1 heterocycles. The number of aromatic nitrogens is 2. The molecule has 1 rings (SSSR count). The lowest BCUT2D eigenvalue weighted by Gasteiger charge is -2.10. The summed E-state index contributed by atoms with van der Waals surface area (Å²) in [5, 5.41) is 15.7. The Morgan fingerprint density at radius 3 is 2.93 bits per heavy atom.